The number of hydrogen-bond acceptors (Lipinski definition) is 5. The Kier molecular flexibility index (Phi) is 6.66. The smallest absolute Gasteiger partial charge is 0.341 e. The lowest BCUT2D eigenvalue weighted by Crippen LogP contribution is -2.22. The van der Waals surface area contributed by atoms with Crippen molar-refractivity contribution in [2.45, 2.75) is 27.3 Å². The van der Waals surface area contributed by atoms with Crippen molar-refractivity contribution in [3.05, 3.63) is 39.7 Å². The minimum atomic E-state index is -0.373. The van der Waals surface area contributed by atoms with E-state index < -0.39 is 0 Å². The highest BCUT2D eigenvalue weighted by Gasteiger charge is 2.25. The molecular formula is C18H23ClN2O2S. The van der Waals surface area contributed by atoms with Crippen LogP contribution >= 0.6 is 22.9 Å². The molecule has 0 bridgehead atoms. The molecule has 1 heterocycles. The Labute approximate surface area is 152 Å². The van der Waals surface area contributed by atoms with Crippen LogP contribution in [-0.2, 0) is 11.3 Å². The Balaban J connectivity index is 2.56. The first-order chi connectivity index (χ1) is 11.5. The van der Waals surface area contributed by atoms with E-state index in [1.165, 1.54) is 11.3 Å². The second kappa shape index (κ2) is 8.51. The average molecular weight is 367 g/mol. The summed E-state index contributed by atoms with van der Waals surface area (Å²) in [5.41, 5.74) is 8.43. The van der Waals surface area contributed by atoms with E-state index in [1.807, 2.05) is 24.3 Å². The summed E-state index contributed by atoms with van der Waals surface area (Å²) in [7, 11) is 0. The van der Waals surface area contributed by atoms with Crippen LogP contribution in [0.4, 0.5) is 5.00 Å². The number of nitrogens with two attached hydrogens (primary N) is 1. The monoisotopic (exact) mass is 366 g/mol. The standard InChI is InChI=1S/C18H23ClN2O2S/c1-4-21(5-2)11-14-15(12-7-9-13(19)10-8-12)16(17(20)24-14)18(22)23-6-3/h7-10H,4-6,11,20H2,1-3H3. The van der Waals surface area contributed by atoms with Crippen molar-refractivity contribution in [3.63, 3.8) is 0 Å². The van der Waals surface area contributed by atoms with Crippen LogP contribution in [0.5, 0.6) is 0 Å². The normalized spacial score (nSPS) is 11.0. The molecule has 4 nitrogen and oxygen atoms in total. The van der Waals surface area contributed by atoms with Crippen LogP contribution in [0.3, 0.4) is 0 Å². The topological polar surface area (TPSA) is 55.6 Å². The fourth-order valence-electron chi connectivity index (χ4n) is 2.59. The third-order valence-corrected chi connectivity index (χ3v) is 5.14. The summed E-state index contributed by atoms with van der Waals surface area (Å²) in [6, 6.07) is 7.47. The largest absolute Gasteiger partial charge is 0.462 e. The molecule has 2 aromatic rings. The number of halogens is 1. The molecule has 0 saturated heterocycles. The van der Waals surface area contributed by atoms with Crippen molar-refractivity contribution in [1.82, 2.24) is 4.90 Å². The molecule has 1 aromatic carbocycles. The molecule has 24 heavy (non-hydrogen) atoms. The summed E-state index contributed by atoms with van der Waals surface area (Å²) in [6.45, 7) is 8.97. The van der Waals surface area contributed by atoms with Gasteiger partial charge in [0.05, 0.1) is 6.61 Å². The van der Waals surface area contributed by atoms with Crippen LogP contribution in [0.1, 0.15) is 36.0 Å². The van der Waals surface area contributed by atoms with Gasteiger partial charge in [-0.2, -0.15) is 0 Å². The van der Waals surface area contributed by atoms with Crippen molar-refractivity contribution in [3.8, 4) is 11.1 Å². The number of benzene rings is 1. The molecule has 0 aliphatic carbocycles. The fraction of sp³-hybridized carbons (Fsp3) is 0.389. The molecule has 0 amide bonds. The van der Waals surface area contributed by atoms with E-state index >= 15 is 0 Å². The van der Waals surface area contributed by atoms with E-state index in [2.05, 4.69) is 18.7 Å². The van der Waals surface area contributed by atoms with Gasteiger partial charge in [0.15, 0.2) is 0 Å². The van der Waals surface area contributed by atoms with E-state index in [4.69, 9.17) is 22.1 Å². The highest BCUT2D eigenvalue weighted by Crippen LogP contribution is 2.40. The molecule has 0 saturated carbocycles. The first-order valence-electron chi connectivity index (χ1n) is 8.08. The number of rotatable bonds is 7. The number of esters is 1. The number of ether oxygens (including phenoxy) is 1. The molecule has 0 fully saturated rings. The minimum Gasteiger partial charge on any atom is -0.462 e. The van der Waals surface area contributed by atoms with Crippen LogP contribution in [0.25, 0.3) is 11.1 Å². The average Bonchev–Trinajstić information content (AvgIpc) is 2.89. The number of nitrogen functional groups attached to an aromatic ring is 1. The zero-order chi connectivity index (χ0) is 17.7. The second-order valence-electron chi connectivity index (χ2n) is 5.33. The summed E-state index contributed by atoms with van der Waals surface area (Å²) in [5, 5.41) is 1.16. The predicted molar refractivity (Wildman–Crippen MR) is 102 cm³/mol. The van der Waals surface area contributed by atoms with Crippen LogP contribution in [-0.4, -0.2) is 30.6 Å². The number of hydrogen-bond donors (Lipinski definition) is 1. The van der Waals surface area contributed by atoms with Gasteiger partial charge in [-0.15, -0.1) is 11.3 Å². The van der Waals surface area contributed by atoms with Gasteiger partial charge in [0.1, 0.15) is 10.6 Å². The molecule has 0 unspecified atom stereocenters. The molecule has 1 aromatic heterocycles. The van der Waals surface area contributed by atoms with Crippen molar-refractivity contribution >= 4 is 33.9 Å². The van der Waals surface area contributed by atoms with Gasteiger partial charge in [0.25, 0.3) is 0 Å². The number of carbonyl (C=O) groups excluding carboxylic acids is 1. The first kappa shape index (κ1) is 18.8. The van der Waals surface area contributed by atoms with Gasteiger partial charge in [-0.25, -0.2) is 4.79 Å². The lowest BCUT2D eigenvalue weighted by atomic mass is 10.0. The van der Waals surface area contributed by atoms with Gasteiger partial charge < -0.3 is 10.5 Å². The lowest BCUT2D eigenvalue weighted by molar-refractivity contribution is 0.0529. The maximum absolute atomic E-state index is 12.4. The van der Waals surface area contributed by atoms with Crippen molar-refractivity contribution in [2.24, 2.45) is 0 Å². The van der Waals surface area contributed by atoms with Gasteiger partial charge in [0.2, 0.25) is 0 Å². The lowest BCUT2D eigenvalue weighted by Gasteiger charge is -2.18. The van der Waals surface area contributed by atoms with Crippen LogP contribution < -0.4 is 5.73 Å². The SMILES string of the molecule is CCOC(=O)c1c(N)sc(CN(CC)CC)c1-c1ccc(Cl)cc1. The molecule has 0 atom stereocenters. The van der Waals surface area contributed by atoms with E-state index in [0.29, 0.717) is 22.2 Å². The Hall–Kier alpha value is -1.56. The third kappa shape index (κ3) is 4.09. The number of nitrogens with zero attached hydrogens (tertiary/aromatic N) is 1. The van der Waals surface area contributed by atoms with Gasteiger partial charge in [-0.3, -0.25) is 4.90 Å². The highest BCUT2D eigenvalue weighted by atomic mass is 35.5. The summed E-state index contributed by atoms with van der Waals surface area (Å²) < 4.78 is 5.21. The Morgan fingerprint density at radius 2 is 1.83 bits per heavy atom. The molecule has 130 valence electrons. The van der Waals surface area contributed by atoms with E-state index in [-0.39, 0.29) is 5.97 Å². The zero-order valence-corrected chi connectivity index (χ0v) is 15.8. The number of carbonyl (C=O) groups is 1. The van der Waals surface area contributed by atoms with Crippen molar-refractivity contribution < 1.29 is 9.53 Å². The molecular weight excluding hydrogens is 344 g/mol. The maximum Gasteiger partial charge on any atom is 0.341 e. The van der Waals surface area contributed by atoms with Gasteiger partial charge >= 0.3 is 5.97 Å². The summed E-state index contributed by atoms with van der Waals surface area (Å²) in [6.07, 6.45) is 0. The molecule has 0 spiro atoms. The summed E-state index contributed by atoms with van der Waals surface area (Å²) in [5.74, 6) is -0.373. The molecule has 6 heteroatoms. The first-order valence-corrected chi connectivity index (χ1v) is 9.27. The molecule has 2 rings (SSSR count). The zero-order valence-electron chi connectivity index (χ0n) is 14.3. The Morgan fingerprint density at radius 3 is 2.38 bits per heavy atom. The Bertz CT molecular complexity index is 694. The van der Waals surface area contributed by atoms with Crippen LogP contribution in [0.15, 0.2) is 24.3 Å². The van der Waals surface area contributed by atoms with Crippen LogP contribution in [0, 0.1) is 0 Å². The van der Waals surface area contributed by atoms with Gasteiger partial charge in [0, 0.05) is 22.0 Å². The van der Waals surface area contributed by atoms with Crippen LogP contribution in [0.2, 0.25) is 5.02 Å². The molecule has 2 N–H and O–H groups in total. The molecule has 0 aliphatic rings. The summed E-state index contributed by atoms with van der Waals surface area (Å²) in [4.78, 5) is 15.8. The van der Waals surface area contributed by atoms with Gasteiger partial charge in [-0.05, 0) is 37.7 Å². The number of thiophene rings is 1. The summed E-state index contributed by atoms with van der Waals surface area (Å²) >= 11 is 7.46. The van der Waals surface area contributed by atoms with E-state index in [1.54, 1.807) is 6.92 Å². The van der Waals surface area contributed by atoms with E-state index in [9.17, 15) is 4.79 Å². The predicted octanol–water partition coefficient (Wildman–Crippen LogP) is 4.67. The van der Waals surface area contributed by atoms with Crippen molar-refractivity contribution in [2.75, 3.05) is 25.4 Å². The maximum atomic E-state index is 12.4. The fourth-order valence-corrected chi connectivity index (χ4v) is 3.83. The van der Waals surface area contributed by atoms with E-state index in [0.717, 1.165) is 35.6 Å². The Morgan fingerprint density at radius 1 is 1.21 bits per heavy atom. The quantitative estimate of drug-likeness (QED) is 0.723. The van der Waals surface area contributed by atoms with Gasteiger partial charge in [-0.1, -0.05) is 37.6 Å². The second-order valence-corrected chi connectivity index (χ2v) is 6.90. The third-order valence-electron chi connectivity index (χ3n) is 3.88. The van der Waals surface area contributed by atoms with Crippen molar-refractivity contribution in [1.29, 1.82) is 0 Å². The molecule has 0 aliphatic heterocycles. The highest BCUT2D eigenvalue weighted by molar-refractivity contribution is 7.17. The molecule has 0 radical (unpaired) electrons. The number of anilines is 1. The minimum absolute atomic E-state index is 0.319.